The third kappa shape index (κ3) is 2.62. The van der Waals surface area contributed by atoms with E-state index < -0.39 is 23.8 Å². The van der Waals surface area contributed by atoms with Crippen molar-refractivity contribution in [1.29, 1.82) is 0 Å². The lowest BCUT2D eigenvalue weighted by Gasteiger charge is -2.45. The summed E-state index contributed by atoms with van der Waals surface area (Å²) >= 11 is 0. The highest BCUT2D eigenvalue weighted by molar-refractivity contribution is 6.03. The number of azide groups is 1. The summed E-state index contributed by atoms with van der Waals surface area (Å²) in [5.41, 5.74) is 7.90. The molecule has 4 unspecified atom stereocenters. The Balaban J connectivity index is 2.23. The topological polar surface area (TPSA) is 116 Å². The molecule has 8 heteroatoms. The van der Waals surface area contributed by atoms with Gasteiger partial charge in [-0.25, -0.2) is 0 Å². The smallest absolute Gasteiger partial charge is 0.232 e. The van der Waals surface area contributed by atoms with Crippen molar-refractivity contribution in [1.82, 2.24) is 4.90 Å². The zero-order valence-corrected chi connectivity index (χ0v) is 12.4. The highest BCUT2D eigenvalue weighted by Gasteiger charge is 2.50. The van der Waals surface area contributed by atoms with E-state index in [1.807, 2.05) is 20.8 Å². The van der Waals surface area contributed by atoms with Crippen molar-refractivity contribution in [3.8, 4) is 0 Å². The van der Waals surface area contributed by atoms with Gasteiger partial charge in [-0.15, -0.1) is 0 Å². The monoisotopic (exact) mass is 296 g/mol. The molecule has 0 aromatic heterocycles. The summed E-state index contributed by atoms with van der Waals surface area (Å²) in [6.45, 7) is 5.15. The van der Waals surface area contributed by atoms with E-state index in [2.05, 4.69) is 10.0 Å². The van der Waals surface area contributed by atoms with Gasteiger partial charge in [0.1, 0.15) is 12.0 Å². The minimum atomic E-state index is -0.650. The number of ketones is 1. The molecule has 2 rings (SSSR count). The number of hydrogen-bond donors (Lipinski definition) is 1. The van der Waals surface area contributed by atoms with Gasteiger partial charge >= 0.3 is 0 Å². The molecular formula is C13H20N4O4. The number of carbonyl (C=O) groups is 2. The number of rotatable bonds is 3. The van der Waals surface area contributed by atoms with Crippen LogP contribution in [0.4, 0.5) is 0 Å². The van der Waals surface area contributed by atoms with Crippen LogP contribution in [0, 0.1) is 5.41 Å². The van der Waals surface area contributed by atoms with Gasteiger partial charge in [0.25, 0.3) is 0 Å². The minimum Gasteiger partial charge on any atom is -0.394 e. The predicted octanol–water partition coefficient (Wildman–Crippen LogP) is 0.989. The van der Waals surface area contributed by atoms with Crippen LogP contribution in [-0.2, 0) is 14.3 Å². The van der Waals surface area contributed by atoms with Crippen LogP contribution in [0.3, 0.4) is 0 Å². The summed E-state index contributed by atoms with van der Waals surface area (Å²) in [7, 11) is 0. The number of carbonyl (C=O) groups excluding carboxylic acids is 2. The molecule has 0 aromatic rings. The fraction of sp³-hybridized carbons (Fsp3) is 0.846. The van der Waals surface area contributed by atoms with Crippen molar-refractivity contribution in [2.24, 2.45) is 10.5 Å². The second-order valence-electron chi connectivity index (χ2n) is 6.12. The van der Waals surface area contributed by atoms with E-state index in [4.69, 9.17) is 10.3 Å². The third-order valence-corrected chi connectivity index (χ3v) is 4.67. The zero-order valence-electron chi connectivity index (χ0n) is 12.4. The molecule has 2 heterocycles. The van der Waals surface area contributed by atoms with E-state index in [-0.39, 0.29) is 30.8 Å². The largest absolute Gasteiger partial charge is 0.394 e. The number of aliphatic hydroxyl groups excluding tert-OH is 1. The first-order chi connectivity index (χ1) is 9.82. The molecule has 0 radical (unpaired) electrons. The Kier molecular flexibility index (Phi) is 4.22. The molecule has 2 fully saturated rings. The molecule has 1 N–H and O–H groups in total. The Morgan fingerprint density at radius 3 is 2.76 bits per heavy atom. The Morgan fingerprint density at radius 1 is 1.52 bits per heavy atom. The van der Waals surface area contributed by atoms with Crippen molar-refractivity contribution in [3.05, 3.63) is 10.4 Å². The zero-order chi connectivity index (χ0) is 15.8. The number of aliphatic hydroxyl groups is 1. The Hall–Kier alpha value is -1.63. The molecule has 0 bridgehead atoms. The molecule has 8 nitrogen and oxygen atoms in total. The lowest BCUT2D eigenvalue weighted by Crippen LogP contribution is -2.59. The predicted molar refractivity (Wildman–Crippen MR) is 73.0 cm³/mol. The molecule has 4 atom stereocenters. The maximum Gasteiger partial charge on any atom is 0.232 e. The van der Waals surface area contributed by atoms with Gasteiger partial charge in [0.15, 0.2) is 0 Å². The highest BCUT2D eigenvalue weighted by Crippen LogP contribution is 2.37. The molecule has 2 aliphatic heterocycles. The number of Topliss-reactive ketones (excluding diaryl/α,β-unsaturated/α-hetero) is 1. The lowest BCUT2D eigenvalue weighted by molar-refractivity contribution is -0.168. The fourth-order valence-electron chi connectivity index (χ4n) is 2.90. The quantitative estimate of drug-likeness (QED) is 0.362. The van der Waals surface area contributed by atoms with Crippen LogP contribution in [0.5, 0.6) is 0 Å². The number of hydrogen-bond acceptors (Lipinski definition) is 5. The number of amides is 1. The van der Waals surface area contributed by atoms with Gasteiger partial charge < -0.3 is 14.7 Å². The van der Waals surface area contributed by atoms with Gasteiger partial charge in [0.05, 0.1) is 25.2 Å². The van der Waals surface area contributed by atoms with E-state index in [1.165, 1.54) is 0 Å². The molecular weight excluding hydrogens is 276 g/mol. The van der Waals surface area contributed by atoms with Crippen LogP contribution < -0.4 is 0 Å². The molecule has 21 heavy (non-hydrogen) atoms. The average Bonchev–Trinajstić information content (AvgIpc) is 2.80. The summed E-state index contributed by atoms with van der Waals surface area (Å²) in [5.74, 6) is -0.366. The number of piperidine rings is 1. The van der Waals surface area contributed by atoms with Gasteiger partial charge in [-0.3, -0.25) is 9.59 Å². The van der Waals surface area contributed by atoms with Crippen molar-refractivity contribution in [2.45, 2.75) is 58.0 Å². The molecule has 2 aliphatic rings. The van der Waals surface area contributed by atoms with E-state index in [0.29, 0.717) is 6.42 Å². The standard InChI is InChI=1S/C13H20N4O4/c1-7-13(2,3)10(19)5-11(20)17(7)12-4-8(15-16-14)9(6-18)21-12/h7-9,12,18H,4-6H2,1-3H3. The number of likely N-dealkylation sites (tertiary alicyclic amines) is 1. The van der Waals surface area contributed by atoms with Crippen molar-refractivity contribution in [2.75, 3.05) is 6.61 Å². The number of ether oxygens (including phenoxy) is 1. The first-order valence-corrected chi connectivity index (χ1v) is 6.98. The van der Waals surface area contributed by atoms with Gasteiger partial charge in [-0.2, -0.15) is 0 Å². The molecule has 116 valence electrons. The Bertz CT molecular complexity index is 500. The second kappa shape index (κ2) is 5.63. The van der Waals surface area contributed by atoms with E-state index >= 15 is 0 Å². The van der Waals surface area contributed by atoms with Crippen LogP contribution >= 0.6 is 0 Å². The highest BCUT2D eigenvalue weighted by atomic mass is 16.5. The fourth-order valence-corrected chi connectivity index (χ4v) is 2.90. The summed E-state index contributed by atoms with van der Waals surface area (Å²) in [5, 5.41) is 12.9. The maximum absolute atomic E-state index is 12.2. The van der Waals surface area contributed by atoms with Crippen LogP contribution in [0.15, 0.2) is 5.11 Å². The SMILES string of the molecule is CC1N(C2CC(N=[N+]=[N-])C(CO)O2)C(=O)CC(=O)C1(C)C. The maximum atomic E-state index is 12.2. The summed E-state index contributed by atoms with van der Waals surface area (Å²) in [6.07, 6.45) is -1.01. The van der Waals surface area contributed by atoms with Gasteiger partial charge in [0, 0.05) is 22.8 Å². The van der Waals surface area contributed by atoms with Crippen molar-refractivity contribution < 1.29 is 19.4 Å². The van der Waals surface area contributed by atoms with E-state index in [9.17, 15) is 14.7 Å². The molecule has 0 aliphatic carbocycles. The second-order valence-corrected chi connectivity index (χ2v) is 6.12. The summed E-state index contributed by atoms with van der Waals surface area (Å²) in [4.78, 5) is 28.5. The first-order valence-electron chi connectivity index (χ1n) is 6.98. The lowest BCUT2D eigenvalue weighted by atomic mass is 9.75. The Morgan fingerprint density at radius 2 is 2.19 bits per heavy atom. The summed E-state index contributed by atoms with van der Waals surface area (Å²) in [6, 6.07) is -0.828. The normalized spacial score (nSPS) is 35.7. The number of nitrogens with zero attached hydrogens (tertiary/aromatic N) is 4. The van der Waals surface area contributed by atoms with E-state index in [0.717, 1.165) is 0 Å². The van der Waals surface area contributed by atoms with Crippen LogP contribution in [-0.4, -0.2) is 52.7 Å². The molecule has 0 saturated carbocycles. The van der Waals surface area contributed by atoms with Gasteiger partial charge in [0.2, 0.25) is 5.91 Å². The van der Waals surface area contributed by atoms with Crippen molar-refractivity contribution >= 4 is 11.7 Å². The van der Waals surface area contributed by atoms with Crippen molar-refractivity contribution in [3.63, 3.8) is 0 Å². The summed E-state index contributed by atoms with van der Waals surface area (Å²) < 4.78 is 5.66. The molecule has 0 spiro atoms. The van der Waals surface area contributed by atoms with Crippen LogP contribution in [0.1, 0.15) is 33.6 Å². The molecule has 0 aromatic carbocycles. The molecule has 2 saturated heterocycles. The minimum absolute atomic E-state index is 0.0837. The van der Waals surface area contributed by atoms with E-state index in [1.54, 1.807) is 4.90 Å². The van der Waals surface area contributed by atoms with Gasteiger partial charge in [-0.1, -0.05) is 19.0 Å². The van der Waals surface area contributed by atoms with Gasteiger partial charge in [-0.05, 0) is 12.5 Å². The third-order valence-electron chi connectivity index (χ3n) is 4.67. The van der Waals surface area contributed by atoms with Crippen LogP contribution in [0.2, 0.25) is 0 Å². The average molecular weight is 296 g/mol. The first kappa shape index (κ1) is 15.8. The molecule has 1 amide bonds. The van der Waals surface area contributed by atoms with Crippen LogP contribution in [0.25, 0.3) is 10.4 Å². The Labute approximate surface area is 122 Å².